The summed E-state index contributed by atoms with van der Waals surface area (Å²) in [6.45, 7) is 6.34. The van der Waals surface area contributed by atoms with Crippen LogP contribution in [0.5, 0.6) is 0 Å². The summed E-state index contributed by atoms with van der Waals surface area (Å²) in [7, 11) is 0. The molecule has 5 nitrogen and oxygen atoms in total. The first-order chi connectivity index (χ1) is 17.3. The highest BCUT2D eigenvalue weighted by molar-refractivity contribution is 7.17. The van der Waals surface area contributed by atoms with E-state index >= 15 is 0 Å². The Morgan fingerprint density at radius 1 is 0.914 bits per heavy atom. The number of para-hydroxylation sites is 1. The predicted octanol–water partition coefficient (Wildman–Crippen LogP) is 4.93. The minimum Gasteiger partial charge on any atom is -0.354 e. The van der Waals surface area contributed by atoms with Crippen molar-refractivity contribution in [1.82, 2.24) is 14.8 Å². The summed E-state index contributed by atoms with van der Waals surface area (Å²) in [6, 6.07) is 21.3. The van der Waals surface area contributed by atoms with E-state index in [1.807, 2.05) is 17.4 Å². The number of nitrogens with zero attached hydrogens (tertiary/aromatic N) is 4. The zero-order valence-electron chi connectivity index (χ0n) is 19.8. The lowest BCUT2D eigenvalue weighted by molar-refractivity contribution is -0.113. The van der Waals surface area contributed by atoms with E-state index < -0.39 is 0 Å². The number of fused-ring (bicyclic) bond motifs is 2. The number of piperazine rings is 1. The molecule has 0 saturated carbocycles. The zero-order chi connectivity index (χ0) is 23.6. The lowest BCUT2D eigenvalue weighted by Gasteiger charge is -2.39. The number of benzene rings is 2. The van der Waals surface area contributed by atoms with Gasteiger partial charge < -0.3 is 9.69 Å². The molecule has 1 unspecified atom stereocenters. The van der Waals surface area contributed by atoms with Gasteiger partial charge in [0.2, 0.25) is 0 Å². The van der Waals surface area contributed by atoms with Crippen LogP contribution in [0.2, 0.25) is 0 Å². The van der Waals surface area contributed by atoms with Crippen molar-refractivity contribution in [2.45, 2.75) is 12.5 Å². The van der Waals surface area contributed by atoms with Crippen molar-refractivity contribution in [3.63, 3.8) is 0 Å². The van der Waals surface area contributed by atoms with Crippen molar-refractivity contribution in [3.05, 3.63) is 77.7 Å². The number of hydrogen-bond donors (Lipinski definition) is 0. The third-order valence-electron chi connectivity index (χ3n) is 7.42. The molecule has 2 aliphatic heterocycles. The Bertz CT molecular complexity index is 1370. The standard InChI is InChI=1S/C29H30N4OS/c34-21-25(32-13-10-22(11-14-32)26-6-3-5-24-12-19-35-29(24)26)20-31-15-17-33(18-16-31)28-9-8-23-4-1-2-7-27(23)30-28/h1-10,12,19,21,25H,11,13-18,20H2. The summed E-state index contributed by atoms with van der Waals surface area (Å²) in [5.41, 5.74) is 3.81. The third kappa shape index (κ3) is 4.61. The van der Waals surface area contributed by atoms with Gasteiger partial charge in [0.15, 0.2) is 0 Å². The number of pyridine rings is 1. The van der Waals surface area contributed by atoms with Gasteiger partial charge >= 0.3 is 0 Å². The van der Waals surface area contributed by atoms with E-state index in [1.165, 1.54) is 26.6 Å². The molecule has 2 aromatic carbocycles. The fourth-order valence-corrected chi connectivity index (χ4v) is 6.33. The van der Waals surface area contributed by atoms with Crippen LogP contribution in [-0.4, -0.2) is 72.9 Å². The van der Waals surface area contributed by atoms with E-state index in [0.717, 1.165) is 69.9 Å². The first-order valence-corrected chi connectivity index (χ1v) is 13.3. The number of thiophene rings is 1. The Kier molecular flexibility index (Phi) is 6.34. The van der Waals surface area contributed by atoms with E-state index in [0.29, 0.717) is 0 Å². The predicted molar refractivity (Wildman–Crippen MR) is 146 cm³/mol. The molecule has 6 heteroatoms. The topological polar surface area (TPSA) is 39.7 Å². The fraction of sp³-hybridized carbons (Fsp3) is 0.310. The summed E-state index contributed by atoms with van der Waals surface area (Å²) in [5.74, 6) is 1.05. The van der Waals surface area contributed by atoms with Gasteiger partial charge in [-0.2, -0.15) is 0 Å². The highest BCUT2D eigenvalue weighted by Crippen LogP contribution is 2.32. The summed E-state index contributed by atoms with van der Waals surface area (Å²) in [4.78, 5) is 24.1. The van der Waals surface area contributed by atoms with Crippen LogP contribution in [0, 0.1) is 0 Å². The van der Waals surface area contributed by atoms with Crippen molar-refractivity contribution >= 4 is 50.0 Å². The molecule has 1 fully saturated rings. The van der Waals surface area contributed by atoms with Gasteiger partial charge in [-0.15, -0.1) is 11.3 Å². The summed E-state index contributed by atoms with van der Waals surface area (Å²) < 4.78 is 1.37. The Hall–Kier alpha value is -3.06. The Labute approximate surface area is 210 Å². The number of aromatic nitrogens is 1. The van der Waals surface area contributed by atoms with Crippen molar-refractivity contribution in [2.24, 2.45) is 0 Å². The van der Waals surface area contributed by atoms with Crippen LogP contribution in [0.3, 0.4) is 0 Å². The monoisotopic (exact) mass is 482 g/mol. The zero-order valence-corrected chi connectivity index (χ0v) is 20.7. The molecule has 2 aliphatic rings. The minimum absolute atomic E-state index is 0.0596. The number of aldehydes is 1. The van der Waals surface area contributed by atoms with Gasteiger partial charge in [0, 0.05) is 55.9 Å². The molecule has 0 spiro atoms. The van der Waals surface area contributed by atoms with Crippen LogP contribution in [0.15, 0.2) is 72.1 Å². The molecule has 4 aromatic rings. The van der Waals surface area contributed by atoms with Crippen molar-refractivity contribution < 1.29 is 4.79 Å². The van der Waals surface area contributed by atoms with E-state index in [9.17, 15) is 4.79 Å². The Morgan fingerprint density at radius 2 is 1.77 bits per heavy atom. The molecule has 0 radical (unpaired) electrons. The van der Waals surface area contributed by atoms with Gasteiger partial charge in [-0.1, -0.05) is 42.5 Å². The number of hydrogen-bond acceptors (Lipinski definition) is 6. The molecule has 0 aliphatic carbocycles. The van der Waals surface area contributed by atoms with Crippen LogP contribution >= 0.6 is 11.3 Å². The molecule has 4 heterocycles. The summed E-state index contributed by atoms with van der Waals surface area (Å²) in [5, 5.41) is 4.66. The molecule has 1 atom stereocenters. The van der Waals surface area contributed by atoms with Gasteiger partial charge in [0.05, 0.1) is 11.6 Å². The normalized spacial score (nSPS) is 18.6. The maximum Gasteiger partial charge on any atom is 0.138 e. The van der Waals surface area contributed by atoms with E-state index in [2.05, 4.69) is 80.8 Å². The molecule has 0 N–H and O–H groups in total. The smallest absolute Gasteiger partial charge is 0.138 e. The van der Waals surface area contributed by atoms with E-state index in [1.54, 1.807) is 0 Å². The number of carbonyl (C=O) groups excluding carboxylic acids is 1. The Morgan fingerprint density at radius 3 is 2.60 bits per heavy atom. The van der Waals surface area contributed by atoms with Gasteiger partial charge in [-0.25, -0.2) is 4.98 Å². The van der Waals surface area contributed by atoms with Gasteiger partial charge in [-0.05, 0) is 52.6 Å². The second-order valence-electron chi connectivity index (χ2n) is 9.47. The van der Waals surface area contributed by atoms with E-state index in [-0.39, 0.29) is 6.04 Å². The van der Waals surface area contributed by atoms with Crippen molar-refractivity contribution in [3.8, 4) is 0 Å². The average Bonchev–Trinajstić information content (AvgIpc) is 3.41. The quantitative estimate of drug-likeness (QED) is 0.365. The molecular weight excluding hydrogens is 452 g/mol. The third-order valence-corrected chi connectivity index (χ3v) is 8.38. The highest BCUT2D eigenvalue weighted by Gasteiger charge is 2.26. The maximum atomic E-state index is 12.1. The highest BCUT2D eigenvalue weighted by atomic mass is 32.1. The van der Waals surface area contributed by atoms with Crippen LogP contribution in [0.4, 0.5) is 5.82 Å². The van der Waals surface area contributed by atoms with Crippen molar-refractivity contribution in [1.29, 1.82) is 0 Å². The summed E-state index contributed by atoms with van der Waals surface area (Å²) in [6.07, 6.45) is 4.47. The number of anilines is 1. The number of carbonyl (C=O) groups is 1. The van der Waals surface area contributed by atoms with Crippen LogP contribution < -0.4 is 4.90 Å². The van der Waals surface area contributed by atoms with Gasteiger partial charge in [0.1, 0.15) is 12.1 Å². The molecule has 35 heavy (non-hydrogen) atoms. The molecule has 2 aromatic heterocycles. The second kappa shape index (κ2) is 9.90. The Balaban J connectivity index is 1.06. The molecule has 0 bridgehead atoms. The van der Waals surface area contributed by atoms with Crippen molar-refractivity contribution in [2.75, 3.05) is 50.7 Å². The first-order valence-electron chi connectivity index (χ1n) is 12.5. The minimum atomic E-state index is -0.0596. The molecule has 1 saturated heterocycles. The second-order valence-corrected chi connectivity index (χ2v) is 10.4. The molecule has 0 amide bonds. The maximum absolute atomic E-state index is 12.1. The average molecular weight is 483 g/mol. The summed E-state index contributed by atoms with van der Waals surface area (Å²) >= 11 is 1.82. The van der Waals surface area contributed by atoms with Crippen LogP contribution in [-0.2, 0) is 4.79 Å². The lowest BCUT2D eigenvalue weighted by Crippen LogP contribution is -2.52. The SMILES string of the molecule is O=CC(CN1CCN(c2ccc3ccccc3n2)CC1)N1CC=C(c2cccc3ccsc23)CC1. The van der Waals surface area contributed by atoms with E-state index in [4.69, 9.17) is 4.98 Å². The van der Waals surface area contributed by atoms with Crippen LogP contribution in [0.1, 0.15) is 12.0 Å². The molecule has 178 valence electrons. The van der Waals surface area contributed by atoms with Crippen LogP contribution in [0.25, 0.3) is 26.6 Å². The first kappa shape index (κ1) is 22.4. The largest absolute Gasteiger partial charge is 0.354 e. The number of rotatable bonds is 6. The molecule has 6 rings (SSSR count). The fourth-order valence-electron chi connectivity index (χ4n) is 5.38. The van der Waals surface area contributed by atoms with Gasteiger partial charge in [0.25, 0.3) is 0 Å². The molecular formula is C29H30N4OS. The van der Waals surface area contributed by atoms with Gasteiger partial charge in [-0.3, -0.25) is 9.80 Å². The lowest BCUT2D eigenvalue weighted by atomic mass is 9.97.